The van der Waals surface area contributed by atoms with Crippen LogP contribution in [0.3, 0.4) is 0 Å². The second-order valence-electron chi connectivity index (χ2n) is 8.19. The maximum Gasteiger partial charge on any atom is 0.237 e. The summed E-state index contributed by atoms with van der Waals surface area (Å²) in [5.74, 6) is 0.961. The van der Waals surface area contributed by atoms with E-state index in [1.165, 1.54) is 103 Å². The van der Waals surface area contributed by atoms with Gasteiger partial charge in [-0.3, -0.25) is 0 Å². The van der Waals surface area contributed by atoms with Crippen LogP contribution in [-0.2, 0) is 0 Å². The molecule has 0 unspecified atom stereocenters. The molecule has 0 bridgehead atoms. The zero-order valence-corrected chi connectivity index (χ0v) is 18.4. The van der Waals surface area contributed by atoms with Crippen molar-refractivity contribution in [2.24, 2.45) is 5.92 Å². The van der Waals surface area contributed by atoms with E-state index in [2.05, 4.69) is 20.8 Å². The first-order chi connectivity index (χ1) is 11.3. The summed E-state index contributed by atoms with van der Waals surface area (Å²) >= 11 is 0.299. The molecule has 1 heteroatoms. The highest BCUT2D eigenvalue weighted by Crippen LogP contribution is 2.14. The van der Waals surface area contributed by atoms with Gasteiger partial charge in [0.15, 0.2) is 0 Å². The van der Waals surface area contributed by atoms with Crippen molar-refractivity contribution in [3.63, 3.8) is 0 Å². The van der Waals surface area contributed by atoms with Crippen molar-refractivity contribution < 1.29 is 0 Å². The van der Waals surface area contributed by atoms with E-state index in [0.29, 0.717) is 15.2 Å². The molecule has 0 aromatic carbocycles. The predicted octanol–water partition coefficient (Wildman–Crippen LogP) is 8.18. The van der Waals surface area contributed by atoms with E-state index in [-0.39, 0.29) is 0 Å². The molecule has 0 rings (SSSR count). The Kier molecular flexibility index (Phi) is 21.1. The Labute approximate surface area is 155 Å². The minimum Gasteiger partial charge on any atom is -0.0972 e. The normalized spacial score (nSPS) is 11.3. The number of hydrogen-bond acceptors (Lipinski definition) is 0. The molecule has 0 atom stereocenters. The molecule has 0 aliphatic carbocycles. The van der Waals surface area contributed by atoms with Crippen LogP contribution in [0, 0.1) is 5.92 Å². The average molecular weight is 339 g/mol. The number of unbranched alkanes of at least 4 members (excludes halogenated alkanes) is 15. The smallest absolute Gasteiger partial charge is 0.0972 e. The quantitative estimate of drug-likeness (QED) is 0.164. The fraction of sp³-hybridized carbons (Fsp3) is 1.00. The summed E-state index contributed by atoms with van der Waals surface area (Å²) in [5.41, 5.74) is 0. The van der Waals surface area contributed by atoms with Gasteiger partial charge >= 0.3 is 0 Å². The molecule has 0 N–H and O–H groups in total. The summed E-state index contributed by atoms with van der Waals surface area (Å²) in [7, 11) is 0. The highest BCUT2D eigenvalue weighted by molar-refractivity contribution is 6.35. The van der Waals surface area contributed by atoms with Crippen molar-refractivity contribution in [2.45, 2.75) is 134 Å². The molecular formula is C22H47Al. The Hall–Kier alpha value is 0.532. The summed E-state index contributed by atoms with van der Waals surface area (Å²) in [6.45, 7) is 7.05. The number of hydrogen-bond donors (Lipinski definition) is 0. The largest absolute Gasteiger partial charge is 0.237 e. The van der Waals surface area contributed by atoms with Crippen molar-refractivity contribution >= 4 is 15.2 Å². The van der Waals surface area contributed by atoms with Crippen LogP contribution in [0.1, 0.15) is 124 Å². The number of rotatable bonds is 19. The molecule has 0 saturated carbocycles. The van der Waals surface area contributed by atoms with E-state index in [0.717, 1.165) is 5.92 Å². The minimum atomic E-state index is 0.299. The lowest BCUT2D eigenvalue weighted by molar-refractivity contribution is 0.531. The van der Waals surface area contributed by atoms with Crippen LogP contribution in [0.4, 0.5) is 0 Å². The van der Waals surface area contributed by atoms with Crippen molar-refractivity contribution in [2.75, 3.05) is 0 Å². The summed E-state index contributed by atoms with van der Waals surface area (Å²) in [4.78, 5) is 0. The topological polar surface area (TPSA) is 0 Å². The van der Waals surface area contributed by atoms with Crippen LogP contribution in [-0.4, -0.2) is 15.2 Å². The zero-order valence-electron chi connectivity index (χ0n) is 17.0. The molecule has 0 aliphatic rings. The summed E-state index contributed by atoms with van der Waals surface area (Å²) in [6, 6.07) is 0. The molecule has 0 nitrogen and oxygen atoms in total. The molecule has 0 amide bonds. The fourth-order valence-corrected chi connectivity index (χ4v) is 5.27. The maximum atomic E-state index is 2.38. The van der Waals surface area contributed by atoms with E-state index < -0.39 is 0 Å². The van der Waals surface area contributed by atoms with E-state index in [1.807, 2.05) is 0 Å². The molecule has 0 fully saturated rings. The van der Waals surface area contributed by atoms with Gasteiger partial charge in [-0.05, 0) is 0 Å². The highest BCUT2D eigenvalue weighted by Gasteiger charge is 1.98. The van der Waals surface area contributed by atoms with Crippen LogP contribution in [0.5, 0.6) is 0 Å². The molecule has 0 aliphatic heterocycles. The van der Waals surface area contributed by atoms with Crippen LogP contribution >= 0.6 is 0 Å². The molecule has 0 spiro atoms. The summed E-state index contributed by atoms with van der Waals surface area (Å²) < 4.78 is 0. The SMILES string of the molecule is CCCCCCCCCCCCCCCCC[CH2][AlH][CH2]C(C)C. The van der Waals surface area contributed by atoms with Gasteiger partial charge < -0.3 is 0 Å². The lowest BCUT2D eigenvalue weighted by Crippen LogP contribution is -1.95. The Balaban J connectivity index is 2.95. The van der Waals surface area contributed by atoms with Gasteiger partial charge in [0, 0.05) is 0 Å². The first-order valence-electron chi connectivity index (χ1n) is 11.3. The van der Waals surface area contributed by atoms with Gasteiger partial charge in [-0.15, -0.1) is 0 Å². The Morgan fingerprint density at radius 1 is 0.522 bits per heavy atom. The second kappa shape index (κ2) is 20.6. The van der Waals surface area contributed by atoms with Crippen LogP contribution in [0.25, 0.3) is 0 Å². The Bertz CT molecular complexity index is 200. The molecule has 0 aromatic rings. The van der Waals surface area contributed by atoms with E-state index in [4.69, 9.17) is 0 Å². The van der Waals surface area contributed by atoms with Crippen molar-refractivity contribution in [1.29, 1.82) is 0 Å². The standard InChI is InChI=1S/C18H37.C4H9.Al.H/c1-3-5-7-9-11-13-15-17-18-16-14-12-10-8-6-4-2;1-4(2)3;;/h1,3-18H2,2H3;4H,1H2,2-3H3;;. The lowest BCUT2D eigenvalue weighted by Gasteiger charge is -2.04. The molecule has 23 heavy (non-hydrogen) atoms. The van der Waals surface area contributed by atoms with Crippen molar-refractivity contribution in [3.05, 3.63) is 0 Å². The van der Waals surface area contributed by atoms with Gasteiger partial charge in [0.25, 0.3) is 0 Å². The highest BCUT2D eigenvalue weighted by atomic mass is 27.1. The van der Waals surface area contributed by atoms with E-state index in [9.17, 15) is 0 Å². The zero-order chi connectivity index (χ0) is 17.0. The average Bonchev–Trinajstić information content (AvgIpc) is 2.53. The summed E-state index contributed by atoms with van der Waals surface area (Å²) in [6.07, 6.45) is 23.8. The fourth-order valence-electron chi connectivity index (χ4n) is 3.45. The molecule has 0 heterocycles. The lowest BCUT2D eigenvalue weighted by atomic mass is 10.0. The third-order valence-electron chi connectivity index (χ3n) is 5.14. The van der Waals surface area contributed by atoms with Gasteiger partial charge in [-0.25, -0.2) is 0 Å². The first kappa shape index (κ1) is 23.5. The van der Waals surface area contributed by atoms with Gasteiger partial charge in [0.2, 0.25) is 15.2 Å². The van der Waals surface area contributed by atoms with Crippen molar-refractivity contribution in [1.82, 2.24) is 0 Å². The van der Waals surface area contributed by atoms with E-state index >= 15 is 0 Å². The monoisotopic (exact) mass is 338 g/mol. The molecule has 138 valence electrons. The molecular weight excluding hydrogens is 291 g/mol. The first-order valence-corrected chi connectivity index (χ1v) is 13.3. The van der Waals surface area contributed by atoms with Gasteiger partial charge in [0.05, 0.1) is 0 Å². The van der Waals surface area contributed by atoms with Crippen LogP contribution < -0.4 is 0 Å². The van der Waals surface area contributed by atoms with Crippen LogP contribution in [0.2, 0.25) is 10.6 Å². The second-order valence-corrected chi connectivity index (χ2v) is 10.2. The van der Waals surface area contributed by atoms with Crippen molar-refractivity contribution in [3.8, 4) is 0 Å². The van der Waals surface area contributed by atoms with Gasteiger partial charge in [-0.2, -0.15) is 0 Å². The molecule has 0 saturated heterocycles. The molecule has 0 aromatic heterocycles. The van der Waals surface area contributed by atoms with Gasteiger partial charge in [-0.1, -0.05) is 140 Å². The summed E-state index contributed by atoms with van der Waals surface area (Å²) in [5, 5.41) is 3.18. The minimum absolute atomic E-state index is 0.299. The Morgan fingerprint density at radius 2 is 0.870 bits per heavy atom. The predicted molar refractivity (Wildman–Crippen MR) is 111 cm³/mol. The Morgan fingerprint density at radius 3 is 1.22 bits per heavy atom. The maximum absolute atomic E-state index is 2.38. The van der Waals surface area contributed by atoms with E-state index in [1.54, 1.807) is 10.6 Å². The third kappa shape index (κ3) is 22.5. The van der Waals surface area contributed by atoms with Crippen LogP contribution in [0.15, 0.2) is 0 Å². The molecule has 0 radical (unpaired) electrons. The van der Waals surface area contributed by atoms with Gasteiger partial charge in [0.1, 0.15) is 0 Å². The third-order valence-corrected chi connectivity index (χ3v) is 7.70.